The number of ether oxygens (including phenoxy) is 1. The summed E-state index contributed by atoms with van der Waals surface area (Å²) in [7, 11) is 0. The van der Waals surface area contributed by atoms with E-state index in [1.54, 1.807) is 6.92 Å². The van der Waals surface area contributed by atoms with Crippen LogP contribution in [-0.4, -0.2) is 27.9 Å². The smallest absolute Gasteiger partial charge is 0.375 e. The van der Waals surface area contributed by atoms with Crippen LogP contribution in [0.15, 0.2) is 27.4 Å². The predicted octanol–water partition coefficient (Wildman–Crippen LogP) is 2.19. The van der Waals surface area contributed by atoms with E-state index in [0.29, 0.717) is 5.56 Å². The number of oxazole rings is 1. The first-order chi connectivity index (χ1) is 9.69. The molecule has 0 amide bonds. The Balaban J connectivity index is 2.00. The second-order valence-electron chi connectivity index (χ2n) is 3.84. The first-order valence-corrected chi connectivity index (χ1v) is 5.74. The Labute approximate surface area is 111 Å². The molecule has 0 fully saturated rings. The number of hydrogen-bond donors (Lipinski definition) is 0. The van der Waals surface area contributed by atoms with Crippen LogP contribution in [0.2, 0.25) is 0 Å². The van der Waals surface area contributed by atoms with Crippen molar-refractivity contribution >= 4 is 17.0 Å². The summed E-state index contributed by atoms with van der Waals surface area (Å²) in [6.07, 6.45) is 1.22. The number of aromatic nitrogens is 3. The Bertz CT molecular complexity index is 780. The number of carbonyl (C=O) groups excluding carboxylic acids is 1. The van der Waals surface area contributed by atoms with E-state index in [0.717, 1.165) is 0 Å². The number of carbonyl (C=O) groups is 1. The van der Waals surface area contributed by atoms with Crippen molar-refractivity contribution in [3.63, 3.8) is 0 Å². The first kappa shape index (κ1) is 12.3. The zero-order valence-electron chi connectivity index (χ0n) is 10.3. The van der Waals surface area contributed by atoms with Gasteiger partial charge in [-0.1, -0.05) is 0 Å². The molecular weight excluding hydrogens is 269 g/mol. The van der Waals surface area contributed by atoms with Gasteiger partial charge in [0.2, 0.25) is 11.7 Å². The van der Waals surface area contributed by atoms with Crippen molar-refractivity contribution in [2.75, 3.05) is 6.61 Å². The van der Waals surface area contributed by atoms with Crippen LogP contribution in [-0.2, 0) is 4.74 Å². The number of nitrogens with zero attached hydrogens (tertiary/aromatic N) is 3. The number of esters is 1. The Morgan fingerprint density at radius 2 is 2.25 bits per heavy atom. The molecule has 3 rings (SSSR count). The molecule has 0 saturated heterocycles. The Hall–Kier alpha value is -2.77. The minimum atomic E-state index is -0.629. The van der Waals surface area contributed by atoms with Crippen molar-refractivity contribution in [1.82, 2.24) is 15.3 Å². The molecule has 8 heteroatoms. The van der Waals surface area contributed by atoms with Crippen molar-refractivity contribution in [3.05, 3.63) is 29.9 Å². The van der Waals surface area contributed by atoms with Crippen LogP contribution in [0.1, 0.15) is 17.5 Å². The molecule has 0 aliphatic heterocycles. The van der Waals surface area contributed by atoms with E-state index < -0.39 is 11.8 Å². The molecule has 1 aromatic carbocycles. The molecule has 0 unspecified atom stereocenters. The van der Waals surface area contributed by atoms with Gasteiger partial charge in [-0.25, -0.2) is 18.8 Å². The quantitative estimate of drug-likeness (QED) is 0.677. The summed E-state index contributed by atoms with van der Waals surface area (Å²) < 4.78 is 28.2. The molecule has 3 aromatic rings. The highest BCUT2D eigenvalue weighted by molar-refractivity contribution is 5.86. The molecule has 2 heterocycles. The van der Waals surface area contributed by atoms with Gasteiger partial charge in [0.05, 0.1) is 12.8 Å². The van der Waals surface area contributed by atoms with Crippen molar-refractivity contribution in [2.45, 2.75) is 6.92 Å². The van der Waals surface area contributed by atoms with E-state index in [1.165, 1.54) is 18.3 Å². The third-order valence-electron chi connectivity index (χ3n) is 2.54. The fourth-order valence-corrected chi connectivity index (χ4v) is 1.68. The molecule has 20 heavy (non-hydrogen) atoms. The van der Waals surface area contributed by atoms with Gasteiger partial charge in [-0.05, 0) is 29.4 Å². The first-order valence-electron chi connectivity index (χ1n) is 5.74. The van der Waals surface area contributed by atoms with Gasteiger partial charge < -0.3 is 9.15 Å². The fraction of sp³-hybridized carbons (Fsp3) is 0.167. The molecule has 0 atom stereocenters. The van der Waals surface area contributed by atoms with Crippen molar-refractivity contribution < 1.29 is 23.0 Å². The molecule has 7 nitrogen and oxygen atoms in total. The van der Waals surface area contributed by atoms with E-state index in [4.69, 9.17) is 9.15 Å². The maximum absolute atomic E-state index is 13.7. The van der Waals surface area contributed by atoms with Crippen LogP contribution in [0.3, 0.4) is 0 Å². The summed E-state index contributed by atoms with van der Waals surface area (Å²) in [5, 5.41) is 6.97. The topological polar surface area (TPSA) is 91.2 Å². The number of fused-ring (bicyclic) bond motifs is 1. The van der Waals surface area contributed by atoms with Gasteiger partial charge in [-0.15, -0.1) is 0 Å². The molecule has 0 bridgehead atoms. The van der Waals surface area contributed by atoms with E-state index in [9.17, 15) is 9.18 Å². The third-order valence-corrected chi connectivity index (χ3v) is 2.54. The molecule has 0 aliphatic rings. The van der Waals surface area contributed by atoms with Gasteiger partial charge in [0.1, 0.15) is 5.52 Å². The van der Waals surface area contributed by atoms with Crippen molar-refractivity contribution in [2.24, 2.45) is 0 Å². The normalized spacial score (nSPS) is 10.9. The lowest BCUT2D eigenvalue weighted by atomic mass is 10.2. The molecule has 0 saturated carbocycles. The highest BCUT2D eigenvalue weighted by Crippen LogP contribution is 2.25. The van der Waals surface area contributed by atoms with Gasteiger partial charge in [-0.2, -0.15) is 0 Å². The van der Waals surface area contributed by atoms with Gasteiger partial charge in [-0.3, -0.25) is 0 Å². The molecule has 0 spiro atoms. The van der Waals surface area contributed by atoms with E-state index >= 15 is 0 Å². The molecule has 0 radical (unpaired) electrons. The predicted molar refractivity (Wildman–Crippen MR) is 63.2 cm³/mol. The highest BCUT2D eigenvalue weighted by Gasteiger charge is 2.17. The Morgan fingerprint density at radius 1 is 1.40 bits per heavy atom. The molecule has 0 N–H and O–H groups in total. The summed E-state index contributed by atoms with van der Waals surface area (Å²) in [5.74, 6) is -1.22. The monoisotopic (exact) mass is 277 g/mol. The second kappa shape index (κ2) is 4.72. The average Bonchev–Trinajstić information content (AvgIpc) is 3.08. The number of halogens is 1. The Kier molecular flexibility index (Phi) is 2.90. The SMILES string of the molecule is CCOC(=O)c1cnc(-c2cc(F)c3nonc3c2)o1. The minimum Gasteiger partial charge on any atom is -0.460 e. The lowest BCUT2D eigenvalue weighted by Gasteiger charge is -1.97. The number of benzene rings is 1. The van der Waals surface area contributed by atoms with Crippen LogP contribution in [0.4, 0.5) is 4.39 Å². The van der Waals surface area contributed by atoms with Crippen LogP contribution >= 0.6 is 0 Å². The number of rotatable bonds is 3. The van der Waals surface area contributed by atoms with Gasteiger partial charge >= 0.3 is 5.97 Å². The van der Waals surface area contributed by atoms with E-state index in [2.05, 4.69) is 19.9 Å². The summed E-state index contributed by atoms with van der Waals surface area (Å²) in [4.78, 5) is 15.4. The van der Waals surface area contributed by atoms with E-state index in [1.807, 2.05) is 0 Å². The van der Waals surface area contributed by atoms with Crippen LogP contribution < -0.4 is 0 Å². The maximum Gasteiger partial charge on any atom is 0.375 e. The maximum atomic E-state index is 13.7. The summed E-state index contributed by atoms with van der Waals surface area (Å²) >= 11 is 0. The zero-order valence-corrected chi connectivity index (χ0v) is 10.3. The summed E-state index contributed by atoms with van der Waals surface area (Å²) in [6, 6.07) is 2.67. The standard InChI is InChI=1S/C12H8FN3O4/c1-2-18-12(17)9-5-14-11(19-9)6-3-7(13)10-8(4-6)15-20-16-10/h3-5H,2H2,1H3. The largest absolute Gasteiger partial charge is 0.460 e. The van der Waals surface area contributed by atoms with Gasteiger partial charge in [0.15, 0.2) is 11.3 Å². The van der Waals surface area contributed by atoms with Crippen LogP contribution in [0, 0.1) is 5.82 Å². The van der Waals surface area contributed by atoms with Gasteiger partial charge in [0, 0.05) is 5.56 Å². The molecular formula is C12H8FN3O4. The Morgan fingerprint density at radius 3 is 3.05 bits per heavy atom. The third kappa shape index (κ3) is 2.00. The summed E-state index contributed by atoms with van der Waals surface area (Å²) in [6.45, 7) is 1.90. The lowest BCUT2D eigenvalue weighted by molar-refractivity contribution is 0.0491. The molecule has 0 aliphatic carbocycles. The number of hydrogen-bond acceptors (Lipinski definition) is 7. The zero-order chi connectivity index (χ0) is 14.1. The average molecular weight is 277 g/mol. The minimum absolute atomic E-state index is 0.0194. The molecule has 102 valence electrons. The lowest BCUT2D eigenvalue weighted by Crippen LogP contribution is -2.02. The van der Waals surface area contributed by atoms with Gasteiger partial charge in [0.25, 0.3) is 0 Å². The highest BCUT2D eigenvalue weighted by atomic mass is 19.1. The van der Waals surface area contributed by atoms with Crippen molar-refractivity contribution in [3.8, 4) is 11.5 Å². The second-order valence-corrected chi connectivity index (χ2v) is 3.84. The fourth-order valence-electron chi connectivity index (χ4n) is 1.68. The van der Waals surface area contributed by atoms with E-state index in [-0.39, 0.29) is 29.3 Å². The van der Waals surface area contributed by atoms with Crippen LogP contribution in [0.5, 0.6) is 0 Å². The van der Waals surface area contributed by atoms with Crippen LogP contribution in [0.25, 0.3) is 22.5 Å². The summed E-state index contributed by atoms with van der Waals surface area (Å²) in [5.41, 5.74) is 0.572. The molecule has 2 aromatic heterocycles. The van der Waals surface area contributed by atoms with Crippen molar-refractivity contribution in [1.29, 1.82) is 0 Å².